The van der Waals surface area contributed by atoms with Crippen LogP contribution in [0.2, 0.25) is 0 Å². The number of rotatable bonds is 12. The van der Waals surface area contributed by atoms with E-state index in [1.807, 2.05) is 0 Å². The Morgan fingerprint density at radius 1 is 1.33 bits per heavy atom. The number of primary amides is 1. The molecule has 0 saturated carbocycles. The summed E-state index contributed by atoms with van der Waals surface area (Å²) >= 11 is 0. The molecule has 160 valence electrons. The van der Waals surface area contributed by atoms with Gasteiger partial charge in [0.2, 0.25) is 5.91 Å². The van der Waals surface area contributed by atoms with Gasteiger partial charge in [0.15, 0.2) is 5.96 Å². The summed E-state index contributed by atoms with van der Waals surface area (Å²) in [6.07, 6.45) is 3.95. The van der Waals surface area contributed by atoms with Crippen LogP contribution >= 0.6 is 24.0 Å². The minimum atomic E-state index is -0.160. The van der Waals surface area contributed by atoms with Crippen molar-refractivity contribution >= 4 is 35.8 Å². The summed E-state index contributed by atoms with van der Waals surface area (Å²) < 4.78 is 5.58. The fourth-order valence-electron chi connectivity index (χ4n) is 3.02. The predicted octanol–water partition coefficient (Wildman–Crippen LogP) is 1.81. The first-order valence-electron chi connectivity index (χ1n) is 10.1. The third-order valence-corrected chi connectivity index (χ3v) is 4.36. The average molecular weight is 497 g/mol. The van der Waals surface area contributed by atoms with Crippen LogP contribution in [-0.4, -0.2) is 69.2 Å². The molecule has 0 aliphatic carbocycles. The molecule has 0 aromatic heterocycles. The number of hydrogen-bond acceptors (Lipinski definition) is 4. The van der Waals surface area contributed by atoms with Gasteiger partial charge < -0.3 is 26.0 Å². The van der Waals surface area contributed by atoms with E-state index in [9.17, 15) is 4.79 Å². The van der Waals surface area contributed by atoms with Crippen LogP contribution in [0.4, 0.5) is 0 Å². The number of carbonyl (C=O) groups is 1. The summed E-state index contributed by atoms with van der Waals surface area (Å²) in [5, 5.41) is 6.66. The van der Waals surface area contributed by atoms with Crippen molar-refractivity contribution in [3.8, 4) is 0 Å². The van der Waals surface area contributed by atoms with Gasteiger partial charge in [-0.05, 0) is 51.6 Å². The number of ether oxygens (including phenoxy) is 1. The number of aliphatic imine (C=N–C) groups is 1. The van der Waals surface area contributed by atoms with Gasteiger partial charge in [-0.1, -0.05) is 13.8 Å². The van der Waals surface area contributed by atoms with Crippen LogP contribution in [0, 0.1) is 11.8 Å². The van der Waals surface area contributed by atoms with Gasteiger partial charge in [-0.3, -0.25) is 9.79 Å². The summed E-state index contributed by atoms with van der Waals surface area (Å²) in [4.78, 5) is 18.3. The maximum Gasteiger partial charge on any atom is 0.221 e. The number of nitrogens with one attached hydrogen (secondary N) is 2. The van der Waals surface area contributed by atoms with Crippen molar-refractivity contribution < 1.29 is 9.53 Å². The maximum atomic E-state index is 11.3. The molecule has 1 amide bonds. The van der Waals surface area contributed by atoms with Crippen molar-refractivity contribution in [2.24, 2.45) is 22.6 Å². The van der Waals surface area contributed by atoms with E-state index >= 15 is 0 Å². The highest BCUT2D eigenvalue weighted by molar-refractivity contribution is 14.0. The second kappa shape index (κ2) is 16.4. The Morgan fingerprint density at radius 2 is 2.11 bits per heavy atom. The fourth-order valence-corrected chi connectivity index (χ4v) is 3.02. The number of likely N-dealkylation sites (tertiary alicyclic amines) is 1. The number of nitrogens with zero attached hydrogens (tertiary/aromatic N) is 2. The smallest absolute Gasteiger partial charge is 0.221 e. The Morgan fingerprint density at radius 3 is 2.78 bits per heavy atom. The Bertz CT molecular complexity index is 421. The topological polar surface area (TPSA) is 92.0 Å². The SMILES string of the molecule is CCNC(=NCCCOCC(C)C)NCCCN1CCCC(C(N)=O)C1.I. The van der Waals surface area contributed by atoms with Crippen molar-refractivity contribution in [2.75, 3.05) is 52.5 Å². The highest BCUT2D eigenvalue weighted by atomic mass is 127. The molecule has 1 unspecified atom stereocenters. The number of carbonyl (C=O) groups excluding carboxylic acids is 1. The maximum absolute atomic E-state index is 11.3. The summed E-state index contributed by atoms with van der Waals surface area (Å²) in [5.41, 5.74) is 5.44. The molecule has 1 aliphatic heterocycles. The standard InChI is InChI=1S/C19H39N5O2.HI/c1-4-21-19(23-10-7-13-26-15-16(2)3)22-9-6-12-24-11-5-8-17(14-24)18(20)25;/h16-17H,4-15H2,1-3H3,(H2,20,25)(H2,21,22,23);1H. The van der Waals surface area contributed by atoms with Crippen LogP contribution in [0.25, 0.3) is 0 Å². The molecule has 1 rings (SSSR count). The summed E-state index contributed by atoms with van der Waals surface area (Å²) in [6.45, 7) is 13.3. The number of nitrogens with two attached hydrogens (primary N) is 1. The van der Waals surface area contributed by atoms with Gasteiger partial charge >= 0.3 is 0 Å². The minimum absolute atomic E-state index is 0. The zero-order valence-electron chi connectivity index (χ0n) is 17.3. The molecule has 7 nitrogen and oxygen atoms in total. The normalized spacial score (nSPS) is 18.2. The Hall–Kier alpha value is -0.610. The molecule has 0 aromatic rings. The van der Waals surface area contributed by atoms with Crippen molar-refractivity contribution in [3.63, 3.8) is 0 Å². The third kappa shape index (κ3) is 13.2. The number of amides is 1. The molecule has 27 heavy (non-hydrogen) atoms. The van der Waals surface area contributed by atoms with Gasteiger partial charge in [-0.25, -0.2) is 0 Å². The van der Waals surface area contributed by atoms with Crippen LogP contribution in [0.5, 0.6) is 0 Å². The van der Waals surface area contributed by atoms with Gasteiger partial charge in [0, 0.05) is 39.4 Å². The number of piperidine rings is 1. The van der Waals surface area contributed by atoms with E-state index in [1.165, 1.54) is 0 Å². The van der Waals surface area contributed by atoms with E-state index in [1.54, 1.807) is 0 Å². The zero-order chi connectivity index (χ0) is 19.2. The van der Waals surface area contributed by atoms with E-state index < -0.39 is 0 Å². The van der Waals surface area contributed by atoms with Crippen LogP contribution in [0.15, 0.2) is 4.99 Å². The molecular formula is C19H40IN5O2. The van der Waals surface area contributed by atoms with Gasteiger partial charge in [0.1, 0.15) is 0 Å². The van der Waals surface area contributed by atoms with Gasteiger partial charge in [0.05, 0.1) is 5.92 Å². The second-order valence-electron chi connectivity index (χ2n) is 7.41. The average Bonchev–Trinajstić information content (AvgIpc) is 2.61. The monoisotopic (exact) mass is 497 g/mol. The highest BCUT2D eigenvalue weighted by Crippen LogP contribution is 2.15. The van der Waals surface area contributed by atoms with E-state index in [0.717, 1.165) is 84.1 Å². The van der Waals surface area contributed by atoms with E-state index in [2.05, 4.69) is 41.3 Å². The molecule has 4 N–H and O–H groups in total. The van der Waals surface area contributed by atoms with Crippen LogP contribution in [0.3, 0.4) is 0 Å². The lowest BCUT2D eigenvalue weighted by Crippen LogP contribution is -2.43. The Balaban J connectivity index is 0.00000676. The molecule has 1 fully saturated rings. The third-order valence-electron chi connectivity index (χ3n) is 4.36. The lowest BCUT2D eigenvalue weighted by atomic mass is 9.97. The Kier molecular flexibility index (Phi) is 16.0. The van der Waals surface area contributed by atoms with E-state index in [0.29, 0.717) is 5.92 Å². The zero-order valence-corrected chi connectivity index (χ0v) is 19.7. The summed E-state index contributed by atoms with van der Waals surface area (Å²) in [7, 11) is 0. The largest absolute Gasteiger partial charge is 0.381 e. The lowest BCUT2D eigenvalue weighted by Gasteiger charge is -2.31. The molecule has 0 bridgehead atoms. The predicted molar refractivity (Wildman–Crippen MR) is 123 cm³/mol. The van der Waals surface area contributed by atoms with Crippen molar-refractivity contribution in [1.82, 2.24) is 15.5 Å². The molecule has 1 heterocycles. The van der Waals surface area contributed by atoms with Crippen molar-refractivity contribution in [3.05, 3.63) is 0 Å². The molecule has 8 heteroatoms. The van der Waals surface area contributed by atoms with Crippen LogP contribution < -0.4 is 16.4 Å². The molecule has 0 spiro atoms. The number of halogens is 1. The van der Waals surface area contributed by atoms with Crippen LogP contribution in [-0.2, 0) is 9.53 Å². The van der Waals surface area contributed by atoms with Crippen molar-refractivity contribution in [2.45, 2.75) is 46.5 Å². The van der Waals surface area contributed by atoms with Gasteiger partial charge in [0.25, 0.3) is 0 Å². The summed E-state index contributed by atoms with van der Waals surface area (Å²) in [5.74, 6) is 1.31. The molecule has 1 saturated heterocycles. The van der Waals surface area contributed by atoms with Gasteiger partial charge in [-0.2, -0.15) is 0 Å². The van der Waals surface area contributed by atoms with E-state index in [-0.39, 0.29) is 35.8 Å². The molecule has 0 aromatic carbocycles. The van der Waals surface area contributed by atoms with Gasteiger partial charge in [-0.15, -0.1) is 24.0 Å². The Labute approximate surface area is 182 Å². The minimum Gasteiger partial charge on any atom is -0.381 e. The van der Waals surface area contributed by atoms with Crippen molar-refractivity contribution in [1.29, 1.82) is 0 Å². The highest BCUT2D eigenvalue weighted by Gasteiger charge is 2.23. The first-order chi connectivity index (χ1) is 12.5. The molecular weight excluding hydrogens is 457 g/mol. The molecule has 1 atom stereocenters. The first-order valence-corrected chi connectivity index (χ1v) is 10.1. The number of guanidine groups is 1. The van der Waals surface area contributed by atoms with E-state index in [4.69, 9.17) is 10.5 Å². The quantitative estimate of drug-likeness (QED) is 0.166. The fraction of sp³-hybridized carbons (Fsp3) is 0.895. The number of hydrogen-bond donors (Lipinski definition) is 3. The second-order valence-corrected chi connectivity index (χ2v) is 7.41. The van der Waals surface area contributed by atoms with Crippen LogP contribution in [0.1, 0.15) is 46.5 Å². The molecule has 1 aliphatic rings. The lowest BCUT2D eigenvalue weighted by molar-refractivity contribution is -0.123. The molecule has 0 radical (unpaired) electrons. The first kappa shape index (κ1) is 26.4. The summed E-state index contributed by atoms with van der Waals surface area (Å²) in [6, 6.07) is 0.